The maximum absolute atomic E-state index is 13.3. The molecule has 0 spiro atoms. The molecule has 1 aliphatic heterocycles. The lowest BCUT2D eigenvalue weighted by atomic mass is 10.0. The minimum absolute atomic E-state index is 0.117. The van der Waals surface area contributed by atoms with Gasteiger partial charge in [-0.25, -0.2) is 18.4 Å². The van der Waals surface area contributed by atoms with Crippen LogP contribution < -0.4 is 14.9 Å². The van der Waals surface area contributed by atoms with E-state index in [0.29, 0.717) is 24.5 Å². The fraction of sp³-hybridized carbons (Fsp3) is 0.485. The van der Waals surface area contributed by atoms with E-state index in [0.717, 1.165) is 50.9 Å². The van der Waals surface area contributed by atoms with Gasteiger partial charge in [-0.15, -0.1) is 0 Å². The molecule has 2 N–H and O–H groups in total. The molecule has 0 radical (unpaired) electrons. The molecule has 1 atom stereocenters. The van der Waals surface area contributed by atoms with Gasteiger partial charge in [0.15, 0.2) is 0 Å². The molecule has 0 amide bonds. The normalized spacial score (nSPS) is 17.0. The molecule has 2 aliphatic rings. The zero-order valence-electron chi connectivity index (χ0n) is 25.9. The minimum atomic E-state index is -3.93. The fourth-order valence-corrected chi connectivity index (χ4v) is 6.62. The van der Waals surface area contributed by atoms with Gasteiger partial charge >= 0.3 is 5.97 Å². The summed E-state index contributed by atoms with van der Waals surface area (Å²) in [6.07, 6.45) is 7.78. The van der Waals surface area contributed by atoms with Crippen LogP contribution in [0.25, 0.3) is 0 Å². The third-order valence-electron chi connectivity index (χ3n) is 7.80. The Balaban J connectivity index is 1.23. The monoisotopic (exact) mass is 620 g/mol. The van der Waals surface area contributed by atoms with E-state index in [1.807, 2.05) is 6.07 Å². The zero-order chi connectivity index (χ0) is 31.2. The summed E-state index contributed by atoms with van der Waals surface area (Å²) in [5.74, 6) is 0.646. The first-order valence-corrected chi connectivity index (χ1v) is 16.9. The summed E-state index contributed by atoms with van der Waals surface area (Å²) in [6.45, 7) is 8.85. The molecule has 3 aromatic rings. The number of nitrogens with one attached hydrogen (secondary N) is 2. The predicted molar refractivity (Wildman–Crippen MR) is 172 cm³/mol. The molecule has 236 valence electrons. The van der Waals surface area contributed by atoms with Gasteiger partial charge in [-0.2, -0.15) is 4.72 Å². The molecule has 1 saturated heterocycles. The van der Waals surface area contributed by atoms with Crippen LogP contribution in [0.15, 0.2) is 78.0 Å². The lowest BCUT2D eigenvalue weighted by molar-refractivity contribution is -0.157. The van der Waals surface area contributed by atoms with Crippen LogP contribution in [0.3, 0.4) is 0 Å². The highest BCUT2D eigenvalue weighted by Crippen LogP contribution is 2.31. The van der Waals surface area contributed by atoms with Crippen molar-refractivity contribution in [1.82, 2.24) is 19.6 Å². The van der Waals surface area contributed by atoms with Crippen molar-refractivity contribution in [2.75, 3.05) is 36.4 Å². The predicted octanol–water partition coefficient (Wildman–Crippen LogP) is 4.46. The summed E-state index contributed by atoms with van der Waals surface area (Å²) < 4.78 is 34.8. The van der Waals surface area contributed by atoms with Crippen molar-refractivity contribution < 1.29 is 17.9 Å². The van der Waals surface area contributed by atoms with Crippen LogP contribution in [0.5, 0.6) is 0 Å². The van der Waals surface area contributed by atoms with E-state index in [1.165, 1.54) is 17.8 Å². The number of aromatic nitrogens is 2. The van der Waals surface area contributed by atoms with Gasteiger partial charge in [-0.3, -0.25) is 9.69 Å². The summed E-state index contributed by atoms with van der Waals surface area (Å²) in [5, 5.41) is 3.43. The van der Waals surface area contributed by atoms with E-state index < -0.39 is 27.6 Å². The molecule has 11 heteroatoms. The minimum Gasteiger partial charge on any atom is -0.459 e. The number of piperidine rings is 1. The van der Waals surface area contributed by atoms with Crippen molar-refractivity contribution >= 4 is 27.6 Å². The van der Waals surface area contributed by atoms with Crippen LogP contribution in [-0.2, 0) is 26.1 Å². The zero-order valence-corrected chi connectivity index (χ0v) is 26.7. The van der Waals surface area contributed by atoms with Gasteiger partial charge in [-0.1, -0.05) is 30.3 Å². The molecular weight excluding hydrogens is 576 g/mol. The summed E-state index contributed by atoms with van der Waals surface area (Å²) in [7, 11) is -3.93. The van der Waals surface area contributed by atoms with Gasteiger partial charge in [0, 0.05) is 56.8 Å². The standard InChI is InChI=1S/C33H44N6O4S/c1-33(2,3)43-31(40)30(37-44(41,42)29-8-5-4-6-9-29)24-38(22-25-10-11-25)23-26-12-14-28(15-13-26)39-20-16-27(17-21-39)36-32-34-18-7-19-35-32/h4-9,12-15,18-19,25,27,30,37H,10-11,16-17,20-24H2,1-3H3,(H,34,35,36)/t30-/m0/s1. The Morgan fingerprint density at radius 1 is 0.977 bits per heavy atom. The smallest absolute Gasteiger partial charge is 0.326 e. The van der Waals surface area contributed by atoms with E-state index in [2.05, 4.69) is 54.1 Å². The largest absolute Gasteiger partial charge is 0.459 e. The Kier molecular flexibility index (Phi) is 10.2. The molecule has 0 unspecified atom stereocenters. The van der Waals surface area contributed by atoms with E-state index in [9.17, 15) is 13.2 Å². The van der Waals surface area contributed by atoms with Crippen LogP contribution in [-0.4, -0.2) is 73.1 Å². The number of benzene rings is 2. The van der Waals surface area contributed by atoms with E-state index >= 15 is 0 Å². The molecule has 1 saturated carbocycles. The first-order valence-electron chi connectivity index (χ1n) is 15.4. The second kappa shape index (κ2) is 14.0. The number of nitrogens with zero attached hydrogens (tertiary/aromatic N) is 4. The average molecular weight is 621 g/mol. The number of sulfonamides is 1. The number of rotatable bonds is 13. The van der Waals surface area contributed by atoms with Crippen molar-refractivity contribution in [3.05, 3.63) is 78.6 Å². The van der Waals surface area contributed by atoms with E-state index in [1.54, 1.807) is 51.4 Å². The van der Waals surface area contributed by atoms with Crippen LogP contribution >= 0.6 is 0 Å². The van der Waals surface area contributed by atoms with Crippen LogP contribution in [0, 0.1) is 5.92 Å². The molecular formula is C33H44N6O4S. The summed E-state index contributed by atoms with van der Waals surface area (Å²) in [6, 6.07) is 17.8. The van der Waals surface area contributed by atoms with Crippen molar-refractivity contribution in [2.24, 2.45) is 5.92 Å². The molecule has 2 aromatic carbocycles. The van der Waals surface area contributed by atoms with E-state index in [4.69, 9.17) is 4.74 Å². The molecule has 2 heterocycles. The average Bonchev–Trinajstić information content (AvgIpc) is 3.82. The van der Waals surface area contributed by atoms with Gasteiger partial charge < -0.3 is 15.0 Å². The van der Waals surface area contributed by atoms with Crippen LogP contribution in [0.4, 0.5) is 11.6 Å². The lowest BCUT2D eigenvalue weighted by Crippen LogP contribution is -2.50. The van der Waals surface area contributed by atoms with E-state index in [-0.39, 0.29) is 11.4 Å². The molecule has 5 rings (SSSR count). The van der Waals surface area contributed by atoms with Crippen molar-refractivity contribution in [1.29, 1.82) is 0 Å². The number of hydrogen-bond acceptors (Lipinski definition) is 9. The van der Waals surface area contributed by atoms with Crippen molar-refractivity contribution in [3.63, 3.8) is 0 Å². The molecule has 10 nitrogen and oxygen atoms in total. The topological polar surface area (TPSA) is 117 Å². The SMILES string of the molecule is CC(C)(C)OC(=O)[C@H](CN(Cc1ccc(N2CCC(Nc3ncccn3)CC2)cc1)CC1CC1)NS(=O)(=O)c1ccccc1. The van der Waals surface area contributed by atoms with Gasteiger partial charge in [0.1, 0.15) is 11.6 Å². The lowest BCUT2D eigenvalue weighted by Gasteiger charge is -2.34. The number of hydrogen-bond donors (Lipinski definition) is 2. The number of carbonyl (C=O) groups excluding carboxylic acids is 1. The van der Waals surface area contributed by atoms with Crippen LogP contribution in [0.1, 0.15) is 52.0 Å². The highest BCUT2D eigenvalue weighted by Gasteiger charge is 2.33. The summed E-state index contributed by atoms with van der Waals surface area (Å²) >= 11 is 0. The Morgan fingerprint density at radius 2 is 1.64 bits per heavy atom. The highest BCUT2D eigenvalue weighted by molar-refractivity contribution is 7.89. The summed E-state index contributed by atoms with van der Waals surface area (Å²) in [4.78, 5) is 26.6. The number of ether oxygens (including phenoxy) is 1. The Morgan fingerprint density at radius 3 is 2.25 bits per heavy atom. The molecule has 2 fully saturated rings. The quantitative estimate of drug-likeness (QED) is 0.267. The highest BCUT2D eigenvalue weighted by atomic mass is 32.2. The Bertz CT molecular complexity index is 1450. The molecule has 0 bridgehead atoms. The number of esters is 1. The second-order valence-corrected chi connectivity index (χ2v) is 14.5. The van der Waals surface area contributed by atoms with Gasteiger partial charge in [0.2, 0.25) is 16.0 Å². The molecule has 44 heavy (non-hydrogen) atoms. The van der Waals surface area contributed by atoms with Crippen molar-refractivity contribution in [2.45, 2.75) is 75.6 Å². The third kappa shape index (κ3) is 9.48. The Labute approximate surface area is 261 Å². The maximum Gasteiger partial charge on any atom is 0.326 e. The molecule has 1 aromatic heterocycles. The fourth-order valence-electron chi connectivity index (χ4n) is 5.42. The van der Waals surface area contributed by atoms with Crippen molar-refractivity contribution in [3.8, 4) is 0 Å². The van der Waals surface area contributed by atoms with Gasteiger partial charge in [0.25, 0.3) is 0 Å². The van der Waals surface area contributed by atoms with Gasteiger partial charge in [-0.05, 0) is 88.3 Å². The van der Waals surface area contributed by atoms with Gasteiger partial charge in [0.05, 0.1) is 4.90 Å². The summed E-state index contributed by atoms with van der Waals surface area (Å²) in [5.41, 5.74) is 1.55. The molecule has 1 aliphatic carbocycles. The Hall–Kier alpha value is -3.54. The van der Waals surface area contributed by atoms with Crippen LogP contribution in [0.2, 0.25) is 0 Å². The second-order valence-electron chi connectivity index (χ2n) is 12.8. The first kappa shape index (κ1) is 31.9. The maximum atomic E-state index is 13.3. The number of anilines is 2. The first-order chi connectivity index (χ1) is 21.0. The third-order valence-corrected chi connectivity index (χ3v) is 9.29. The number of carbonyl (C=O) groups is 1.